The molecule has 0 aromatic heterocycles. The second-order valence-corrected chi connectivity index (χ2v) is 5.41. The zero-order chi connectivity index (χ0) is 15.4. The number of rotatable bonds is 3. The van der Waals surface area contributed by atoms with Gasteiger partial charge in [0.2, 0.25) is 0 Å². The molecule has 1 aliphatic rings. The molecule has 1 saturated heterocycles. The minimum atomic E-state index is -0.215. The predicted octanol–water partition coefficient (Wildman–Crippen LogP) is 1.59. The molecule has 1 fully saturated rings. The second-order valence-electron chi connectivity index (χ2n) is 5.41. The minimum Gasteiger partial charge on any atom is -0.336 e. The fourth-order valence-electron chi connectivity index (χ4n) is 2.13. The lowest BCUT2D eigenvalue weighted by Crippen LogP contribution is -2.47. The third-order valence-corrected chi connectivity index (χ3v) is 3.57. The van der Waals surface area contributed by atoms with Crippen LogP contribution in [0.25, 0.3) is 0 Å². The Balaban J connectivity index is 2.00. The molecule has 5 nitrogen and oxygen atoms in total. The van der Waals surface area contributed by atoms with E-state index in [-0.39, 0.29) is 11.8 Å². The van der Waals surface area contributed by atoms with Crippen LogP contribution < -0.4 is 5.32 Å². The average Bonchev–Trinajstić information content (AvgIpc) is 2.48. The van der Waals surface area contributed by atoms with E-state index in [1.54, 1.807) is 31.2 Å². The summed E-state index contributed by atoms with van der Waals surface area (Å²) in [7, 11) is 2.06. The third kappa shape index (κ3) is 3.92. The first-order valence-corrected chi connectivity index (χ1v) is 7.02. The molecule has 21 heavy (non-hydrogen) atoms. The monoisotopic (exact) mass is 287 g/mol. The molecule has 1 aromatic rings. The van der Waals surface area contributed by atoms with Gasteiger partial charge in [-0.25, -0.2) is 0 Å². The van der Waals surface area contributed by atoms with Crippen LogP contribution >= 0.6 is 0 Å². The van der Waals surface area contributed by atoms with Gasteiger partial charge in [-0.1, -0.05) is 6.58 Å². The minimum absolute atomic E-state index is 0.0425. The molecule has 112 valence electrons. The third-order valence-electron chi connectivity index (χ3n) is 3.57. The molecule has 1 aliphatic heterocycles. The fourth-order valence-corrected chi connectivity index (χ4v) is 2.13. The molecule has 5 heteroatoms. The van der Waals surface area contributed by atoms with Gasteiger partial charge < -0.3 is 15.1 Å². The van der Waals surface area contributed by atoms with E-state index in [1.165, 1.54) is 0 Å². The van der Waals surface area contributed by atoms with Crippen molar-refractivity contribution in [1.82, 2.24) is 9.80 Å². The number of benzene rings is 1. The van der Waals surface area contributed by atoms with Gasteiger partial charge in [-0.15, -0.1) is 0 Å². The van der Waals surface area contributed by atoms with Crippen LogP contribution in [0.3, 0.4) is 0 Å². The fraction of sp³-hybridized carbons (Fsp3) is 0.375. The Bertz CT molecular complexity index is 543. The van der Waals surface area contributed by atoms with Crippen LogP contribution in [-0.2, 0) is 4.79 Å². The standard InChI is InChI=1S/C16H21N3O2/c1-12(2)15(20)17-14-6-4-13(5-7-14)16(21)19-10-8-18(3)9-11-19/h4-7H,1,8-11H2,2-3H3,(H,17,20). The zero-order valence-electron chi connectivity index (χ0n) is 12.6. The van der Waals surface area contributed by atoms with Crippen molar-refractivity contribution in [2.45, 2.75) is 6.92 Å². The van der Waals surface area contributed by atoms with E-state index < -0.39 is 0 Å². The molecule has 0 spiro atoms. The molecule has 2 rings (SSSR count). The van der Waals surface area contributed by atoms with Gasteiger partial charge in [0.1, 0.15) is 0 Å². The summed E-state index contributed by atoms with van der Waals surface area (Å²) >= 11 is 0. The van der Waals surface area contributed by atoms with Crippen molar-refractivity contribution >= 4 is 17.5 Å². The zero-order valence-corrected chi connectivity index (χ0v) is 12.6. The van der Waals surface area contributed by atoms with Gasteiger partial charge in [0.25, 0.3) is 11.8 Å². The SMILES string of the molecule is C=C(C)C(=O)Nc1ccc(C(=O)N2CCN(C)CC2)cc1. The molecule has 0 atom stereocenters. The van der Waals surface area contributed by atoms with E-state index in [9.17, 15) is 9.59 Å². The van der Waals surface area contributed by atoms with Crippen LogP contribution in [0.15, 0.2) is 36.4 Å². The van der Waals surface area contributed by atoms with Crippen LogP contribution in [0.1, 0.15) is 17.3 Å². The normalized spacial score (nSPS) is 15.6. The predicted molar refractivity (Wildman–Crippen MR) is 83.3 cm³/mol. The van der Waals surface area contributed by atoms with E-state index in [4.69, 9.17) is 0 Å². The number of carbonyl (C=O) groups excluding carboxylic acids is 2. The quantitative estimate of drug-likeness (QED) is 0.859. The second kappa shape index (κ2) is 6.54. The van der Waals surface area contributed by atoms with E-state index >= 15 is 0 Å². The Labute approximate surface area is 125 Å². The molecule has 2 amide bonds. The summed E-state index contributed by atoms with van der Waals surface area (Å²) in [6, 6.07) is 6.97. The first-order chi connectivity index (χ1) is 9.97. The lowest BCUT2D eigenvalue weighted by atomic mass is 10.1. The van der Waals surface area contributed by atoms with Gasteiger partial charge in [0.15, 0.2) is 0 Å². The lowest BCUT2D eigenvalue weighted by molar-refractivity contribution is -0.112. The van der Waals surface area contributed by atoms with Crippen molar-refractivity contribution in [2.24, 2.45) is 0 Å². The number of nitrogens with zero attached hydrogens (tertiary/aromatic N) is 2. The van der Waals surface area contributed by atoms with Crippen molar-refractivity contribution in [2.75, 3.05) is 38.5 Å². The number of nitrogens with one attached hydrogen (secondary N) is 1. The highest BCUT2D eigenvalue weighted by molar-refractivity contribution is 6.03. The summed E-state index contributed by atoms with van der Waals surface area (Å²) in [6.45, 7) is 8.55. The first kappa shape index (κ1) is 15.3. The summed E-state index contributed by atoms with van der Waals surface area (Å²) < 4.78 is 0. The van der Waals surface area contributed by atoms with E-state index in [1.807, 2.05) is 4.90 Å². The molecule has 0 bridgehead atoms. The summed E-state index contributed by atoms with van der Waals surface area (Å²) in [4.78, 5) is 27.9. The number of piperazine rings is 1. The molecule has 0 saturated carbocycles. The molecule has 1 N–H and O–H groups in total. The molecular weight excluding hydrogens is 266 g/mol. The van der Waals surface area contributed by atoms with Crippen molar-refractivity contribution in [3.63, 3.8) is 0 Å². The Morgan fingerprint density at radius 1 is 1.10 bits per heavy atom. The van der Waals surface area contributed by atoms with E-state index in [0.717, 1.165) is 26.2 Å². The van der Waals surface area contributed by atoms with Gasteiger partial charge >= 0.3 is 0 Å². The topological polar surface area (TPSA) is 52.7 Å². The maximum Gasteiger partial charge on any atom is 0.253 e. The van der Waals surface area contributed by atoms with Gasteiger partial charge in [0, 0.05) is 43.0 Å². The lowest BCUT2D eigenvalue weighted by Gasteiger charge is -2.32. The Kier molecular flexibility index (Phi) is 4.75. The molecule has 1 heterocycles. The highest BCUT2D eigenvalue weighted by atomic mass is 16.2. The van der Waals surface area contributed by atoms with Crippen molar-refractivity contribution in [3.8, 4) is 0 Å². The highest BCUT2D eigenvalue weighted by Crippen LogP contribution is 2.13. The van der Waals surface area contributed by atoms with E-state index in [0.29, 0.717) is 16.8 Å². The van der Waals surface area contributed by atoms with Gasteiger partial charge in [-0.3, -0.25) is 9.59 Å². The van der Waals surface area contributed by atoms with Crippen LogP contribution in [0.2, 0.25) is 0 Å². The number of hydrogen-bond donors (Lipinski definition) is 1. The van der Waals surface area contributed by atoms with Crippen LogP contribution in [0, 0.1) is 0 Å². The van der Waals surface area contributed by atoms with Crippen molar-refractivity contribution in [3.05, 3.63) is 42.0 Å². The highest BCUT2D eigenvalue weighted by Gasteiger charge is 2.20. The van der Waals surface area contributed by atoms with Crippen LogP contribution in [0.5, 0.6) is 0 Å². The Morgan fingerprint density at radius 2 is 1.67 bits per heavy atom. The maximum atomic E-state index is 12.4. The van der Waals surface area contributed by atoms with Crippen molar-refractivity contribution < 1.29 is 9.59 Å². The average molecular weight is 287 g/mol. The molecule has 0 unspecified atom stereocenters. The largest absolute Gasteiger partial charge is 0.336 e. The van der Waals surface area contributed by atoms with Gasteiger partial charge in [-0.2, -0.15) is 0 Å². The molecule has 0 radical (unpaired) electrons. The first-order valence-electron chi connectivity index (χ1n) is 7.02. The number of likely N-dealkylation sites (N-methyl/N-ethyl adjacent to an activating group) is 1. The van der Waals surface area contributed by atoms with Gasteiger partial charge in [0.05, 0.1) is 0 Å². The smallest absolute Gasteiger partial charge is 0.253 e. The molecule has 0 aliphatic carbocycles. The summed E-state index contributed by atoms with van der Waals surface area (Å²) in [5, 5.41) is 2.72. The Hall–Kier alpha value is -2.14. The number of carbonyl (C=O) groups is 2. The van der Waals surface area contributed by atoms with Crippen LogP contribution in [-0.4, -0.2) is 54.8 Å². The summed E-state index contributed by atoms with van der Waals surface area (Å²) in [6.07, 6.45) is 0. The number of amides is 2. The summed E-state index contributed by atoms with van der Waals surface area (Å²) in [5.41, 5.74) is 1.76. The molecular formula is C16H21N3O2. The van der Waals surface area contributed by atoms with Crippen molar-refractivity contribution in [1.29, 1.82) is 0 Å². The number of hydrogen-bond acceptors (Lipinski definition) is 3. The van der Waals surface area contributed by atoms with E-state index in [2.05, 4.69) is 23.8 Å². The maximum absolute atomic E-state index is 12.4. The molecule has 1 aromatic carbocycles. The van der Waals surface area contributed by atoms with Gasteiger partial charge in [-0.05, 0) is 38.2 Å². The number of anilines is 1. The van der Waals surface area contributed by atoms with Crippen LogP contribution in [0.4, 0.5) is 5.69 Å². The summed E-state index contributed by atoms with van der Waals surface area (Å²) in [5.74, 6) is -0.172. The Morgan fingerprint density at radius 3 is 2.19 bits per heavy atom.